The molecule has 0 aliphatic carbocycles. The van der Waals surface area contributed by atoms with Crippen LogP contribution >= 0.6 is 23.6 Å². The molecule has 0 aliphatic rings. The Morgan fingerprint density at radius 2 is 2.44 bits per heavy atom. The van der Waals surface area contributed by atoms with Gasteiger partial charge in [0, 0.05) is 38.2 Å². The van der Waals surface area contributed by atoms with E-state index >= 15 is 0 Å². The number of aromatic nitrogens is 1. The number of ether oxygens (including phenoxy) is 1. The maximum Gasteiger partial charge on any atom is 0.107 e. The molecule has 0 bridgehead atoms. The fourth-order valence-corrected chi connectivity index (χ4v) is 2.03. The number of rotatable bonds is 8. The van der Waals surface area contributed by atoms with Gasteiger partial charge < -0.3 is 10.5 Å². The van der Waals surface area contributed by atoms with E-state index in [1.165, 1.54) is 0 Å². The highest BCUT2D eigenvalue weighted by Gasteiger charge is 2.07. The second-order valence-corrected chi connectivity index (χ2v) is 4.91. The van der Waals surface area contributed by atoms with Crippen LogP contribution in [0.1, 0.15) is 11.4 Å². The van der Waals surface area contributed by atoms with Gasteiger partial charge in [-0.3, -0.25) is 4.90 Å². The van der Waals surface area contributed by atoms with Crippen molar-refractivity contribution in [1.82, 2.24) is 9.88 Å². The number of nitrogens with zero attached hydrogens (tertiary/aromatic N) is 2. The maximum absolute atomic E-state index is 5.50. The van der Waals surface area contributed by atoms with Crippen LogP contribution in [0.4, 0.5) is 0 Å². The summed E-state index contributed by atoms with van der Waals surface area (Å²) < 4.78 is 5.08. The largest absolute Gasteiger partial charge is 0.393 e. The standard InChI is InChI=1S/C10H17N3OS2/c1-14-6-5-13(4-2-9(11)15)8-10-12-3-7-16-10/h3,7H,2,4-6,8H2,1H3,(H2,11,15). The van der Waals surface area contributed by atoms with Crippen molar-refractivity contribution in [1.29, 1.82) is 0 Å². The second-order valence-electron chi connectivity index (χ2n) is 3.41. The van der Waals surface area contributed by atoms with E-state index in [1.807, 2.05) is 11.6 Å². The molecular formula is C10H17N3OS2. The van der Waals surface area contributed by atoms with Gasteiger partial charge in [-0.15, -0.1) is 11.3 Å². The van der Waals surface area contributed by atoms with Crippen molar-refractivity contribution in [3.63, 3.8) is 0 Å². The summed E-state index contributed by atoms with van der Waals surface area (Å²) in [6.45, 7) is 3.28. The number of nitrogens with two attached hydrogens (primary N) is 1. The van der Waals surface area contributed by atoms with Gasteiger partial charge in [0.05, 0.1) is 18.1 Å². The van der Waals surface area contributed by atoms with Crippen molar-refractivity contribution >= 4 is 28.5 Å². The number of hydrogen-bond donors (Lipinski definition) is 1. The predicted octanol–water partition coefficient (Wildman–Crippen LogP) is 1.27. The van der Waals surface area contributed by atoms with Crippen LogP contribution in [-0.4, -0.2) is 41.7 Å². The summed E-state index contributed by atoms with van der Waals surface area (Å²) in [7, 11) is 1.70. The summed E-state index contributed by atoms with van der Waals surface area (Å²) in [6.07, 6.45) is 2.56. The van der Waals surface area contributed by atoms with Crippen LogP contribution in [0.3, 0.4) is 0 Å². The minimum atomic E-state index is 0.557. The third-order valence-corrected chi connectivity index (χ3v) is 3.10. The Bertz CT molecular complexity index is 303. The number of hydrogen-bond acceptors (Lipinski definition) is 5. The first-order valence-corrected chi connectivity index (χ1v) is 6.39. The van der Waals surface area contributed by atoms with E-state index < -0.39 is 0 Å². The lowest BCUT2D eigenvalue weighted by atomic mass is 10.3. The fraction of sp³-hybridized carbons (Fsp3) is 0.600. The van der Waals surface area contributed by atoms with Crippen LogP contribution in [0.25, 0.3) is 0 Å². The SMILES string of the molecule is COCCN(CCC(N)=S)Cc1nccs1. The number of methoxy groups -OCH3 is 1. The molecule has 1 aromatic rings. The Hall–Kier alpha value is -0.560. The molecule has 4 nitrogen and oxygen atoms in total. The highest BCUT2D eigenvalue weighted by atomic mass is 32.1. The smallest absolute Gasteiger partial charge is 0.107 e. The molecule has 1 rings (SSSR count). The van der Waals surface area contributed by atoms with Crippen molar-refractivity contribution in [2.45, 2.75) is 13.0 Å². The lowest BCUT2D eigenvalue weighted by molar-refractivity contribution is 0.146. The van der Waals surface area contributed by atoms with E-state index in [2.05, 4.69) is 9.88 Å². The normalized spacial score (nSPS) is 10.9. The van der Waals surface area contributed by atoms with E-state index in [-0.39, 0.29) is 0 Å². The molecule has 0 saturated carbocycles. The summed E-state index contributed by atoms with van der Waals surface area (Å²) in [5.41, 5.74) is 5.50. The molecule has 0 aliphatic heterocycles. The Balaban J connectivity index is 2.39. The average molecular weight is 259 g/mol. The highest BCUT2D eigenvalue weighted by Crippen LogP contribution is 2.08. The van der Waals surface area contributed by atoms with Gasteiger partial charge in [-0.2, -0.15) is 0 Å². The zero-order chi connectivity index (χ0) is 11.8. The first-order chi connectivity index (χ1) is 7.72. The number of thiazole rings is 1. The van der Waals surface area contributed by atoms with E-state index in [1.54, 1.807) is 18.4 Å². The van der Waals surface area contributed by atoms with Crippen LogP contribution in [0, 0.1) is 0 Å². The Morgan fingerprint density at radius 3 is 3.00 bits per heavy atom. The first-order valence-electron chi connectivity index (χ1n) is 5.10. The molecule has 1 heterocycles. The molecule has 0 atom stereocenters. The van der Waals surface area contributed by atoms with Crippen LogP contribution in [-0.2, 0) is 11.3 Å². The van der Waals surface area contributed by atoms with Crippen molar-refractivity contribution in [3.8, 4) is 0 Å². The molecule has 16 heavy (non-hydrogen) atoms. The van der Waals surface area contributed by atoms with Gasteiger partial charge in [0.15, 0.2) is 0 Å². The van der Waals surface area contributed by atoms with Crippen molar-refractivity contribution in [3.05, 3.63) is 16.6 Å². The van der Waals surface area contributed by atoms with E-state index in [4.69, 9.17) is 22.7 Å². The highest BCUT2D eigenvalue weighted by molar-refractivity contribution is 7.80. The van der Waals surface area contributed by atoms with Gasteiger partial charge in [0.25, 0.3) is 0 Å². The lowest BCUT2D eigenvalue weighted by Gasteiger charge is -2.20. The van der Waals surface area contributed by atoms with Crippen molar-refractivity contribution in [2.24, 2.45) is 5.73 Å². The molecule has 0 fully saturated rings. The maximum atomic E-state index is 5.50. The summed E-state index contributed by atoms with van der Waals surface area (Å²) >= 11 is 6.54. The summed E-state index contributed by atoms with van der Waals surface area (Å²) in [5, 5.41) is 3.09. The van der Waals surface area contributed by atoms with Crippen molar-refractivity contribution in [2.75, 3.05) is 26.8 Å². The lowest BCUT2D eigenvalue weighted by Crippen LogP contribution is -2.30. The monoisotopic (exact) mass is 259 g/mol. The van der Waals surface area contributed by atoms with Gasteiger partial charge in [0.2, 0.25) is 0 Å². The van der Waals surface area contributed by atoms with Crippen LogP contribution in [0.15, 0.2) is 11.6 Å². The minimum absolute atomic E-state index is 0.557. The van der Waals surface area contributed by atoms with Crippen LogP contribution in [0.5, 0.6) is 0 Å². The molecular weight excluding hydrogens is 242 g/mol. The van der Waals surface area contributed by atoms with Crippen LogP contribution < -0.4 is 5.73 Å². The molecule has 0 aromatic carbocycles. The van der Waals surface area contributed by atoms with E-state index in [0.29, 0.717) is 11.6 Å². The van der Waals surface area contributed by atoms with Gasteiger partial charge in [-0.05, 0) is 0 Å². The van der Waals surface area contributed by atoms with Gasteiger partial charge in [-0.1, -0.05) is 12.2 Å². The third kappa shape index (κ3) is 5.50. The molecule has 0 saturated heterocycles. The van der Waals surface area contributed by atoms with Gasteiger partial charge in [-0.25, -0.2) is 4.98 Å². The zero-order valence-corrected chi connectivity index (χ0v) is 11.0. The summed E-state index contributed by atoms with van der Waals surface area (Å²) in [5.74, 6) is 0. The van der Waals surface area contributed by atoms with Gasteiger partial charge >= 0.3 is 0 Å². The van der Waals surface area contributed by atoms with Crippen molar-refractivity contribution < 1.29 is 4.74 Å². The third-order valence-electron chi connectivity index (χ3n) is 2.13. The second kappa shape index (κ2) is 7.67. The minimum Gasteiger partial charge on any atom is -0.393 e. The predicted molar refractivity (Wildman–Crippen MR) is 70.7 cm³/mol. The van der Waals surface area contributed by atoms with Crippen LogP contribution in [0.2, 0.25) is 0 Å². The quantitative estimate of drug-likeness (QED) is 0.713. The number of thiocarbonyl (C=S) groups is 1. The first kappa shape index (κ1) is 13.5. The molecule has 1 aromatic heterocycles. The molecule has 90 valence electrons. The molecule has 0 unspecified atom stereocenters. The zero-order valence-electron chi connectivity index (χ0n) is 9.39. The summed E-state index contributed by atoms with van der Waals surface area (Å²) in [4.78, 5) is 7.07. The Kier molecular flexibility index (Phi) is 6.47. The molecule has 0 radical (unpaired) electrons. The topological polar surface area (TPSA) is 51.4 Å². The Morgan fingerprint density at radius 1 is 1.62 bits per heavy atom. The van der Waals surface area contributed by atoms with E-state index in [9.17, 15) is 0 Å². The molecule has 6 heteroatoms. The fourth-order valence-electron chi connectivity index (χ4n) is 1.28. The molecule has 0 amide bonds. The average Bonchev–Trinajstić information content (AvgIpc) is 2.74. The Labute approximate surface area is 105 Å². The molecule has 0 spiro atoms. The molecule has 2 N–H and O–H groups in total. The summed E-state index contributed by atoms with van der Waals surface area (Å²) in [6, 6.07) is 0. The van der Waals surface area contributed by atoms with Gasteiger partial charge in [0.1, 0.15) is 5.01 Å². The van der Waals surface area contributed by atoms with E-state index in [0.717, 1.165) is 31.1 Å².